The van der Waals surface area contributed by atoms with Gasteiger partial charge in [0.25, 0.3) is 0 Å². The van der Waals surface area contributed by atoms with Gasteiger partial charge in [-0.05, 0) is 49.4 Å². The molecule has 1 aromatic heterocycles. The largest absolute Gasteiger partial charge is 0.372 e. The Morgan fingerprint density at radius 2 is 1.69 bits per heavy atom. The summed E-state index contributed by atoms with van der Waals surface area (Å²) in [6, 6.07) is 18.9. The lowest BCUT2D eigenvalue weighted by molar-refractivity contribution is -0.127. The van der Waals surface area contributed by atoms with Crippen LogP contribution in [0, 0.1) is 6.92 Å². The van der Waals surface area contributed by atoms with Crippen molar-refractivity contribution in [3.8, 4) is 0 Å². The van der Waals surface area contributed by atoms with Crippen LogP contribution in [0.25, 0.3) is 0 Å². The molecule has 3 aromatic rings. The van der Waals surface area contributed by atoms with Crippen LogP contribution < -0.4 is 4.90 Å². The minimum absolute atomic E-state index is 0.0852. The van der Waals surface area contributed by atoms with Gasteiger partial charge in [0.1, 0.15) is 5.82 Å². The molecule has 7 heteroatoms. The number of benzene rings is 2. The van der Waals surface area contributed by atoms with Crippen molar-refractivity contribution in [3.63, 3.8) is 0 Å². The Bertz CT molecular complexity index is 1010. The number of amides is 1. The summed E-state index contributed by atoms with van der Waals surface area (Å²) in [5.41, 5.74) is 3.62. The molecule has 0 saturated carbocycles. The number of nitrogens with zero attached hydrogens (tertiary/aromatic N) is 5. The Morgan fingerprint density at radius 1 is 0.969 bits per heavy atom. The van der Waals surface area contributed by atoms with Gasteiger partial charge in [0.2, 0.25) is 5.91 Å². The molecule has 6 nitrogen and oxygen atoms in total. The minimum Gasteiger partial charge on any atom is -0.372 e. The number of rotatable bonds is 8. The number of aromatic nitrogens is 3. The van der Waals surface area contributed by atoms with E-state index in [9.17, 15) is 4.79 Å². The molecule has 0 bridgehead atoms. The second kappa shape index (κ2) is 10.7. The lowest BCUT2D eigenvalue weighted by Crippen LogP contribution is -2.29. The molecular weight excluding hydrogens is 418 g/mol. The fourth-order valence-corrected chi connectivity index (χ4v) is 4.90. The van der Waals surface area contributed by atoms with Crippen LogP contribution in [0.5, 0.6) is 0 Å². The Balaban J connectivity index is 1.31. The van der Waals surface area contributed by atoms with Crippen molar-refractivity contribution < 1.29 is 4.79 Å². The molecule has 1 aliphatic rings. The van der Waals surface area contributed by atoms with E-state index in [1.54, 1.807) is 4.90 Å². The van der Waals surface area contributed by atoms with E-state index in [4.69, 9.17) is 0 Å². The van der Waals surface area contributed by atoms with Crippen LogP contribution in [0.3, 0.4) is 0 Å². The van der Waals surface area contributed by atoms with Gasteiger partial charge in [-0.2, -0.15) is 0 Å². The first-order valence-corrected chi connectivity index (χ1v) is 12.2. The highest BCUT2D eigenvalue weighted by Crippen LogP contribution is 2.22. The molecule has 2 aromatic carbocycles. The molecule has 32 heavy (non-hydrogen) atoms. The molecule has 0 aliphatic carbocycles. The first-order chi connectivity index (χ1) is 15.6. The van der Waals surface area contributed by atoms with Crippen LogP contribution >= 0.6 is 11.8 Å². The van der Waals surface area contributed by atoms with E-state index in [1.165, 1.54) is 42.3 Å². The van der Waals surface area contributed by atoms with Crippen LogP contribution in [-0.4, -0.2) is 51.5 Å². The predicted octanol–water partition coefficient (Wildman–Crippen LogP) is 4.38. The van der Waals surface area contributed by atoms with Crippen molar-refractivity contribution in [3.05, 3.63) is 71.5 Å². The Kier molecular flexibility index (Phi) is 7.47. The van der Waals surface area contributed by atoms with Crippen LogP contribution in [-0.2, 0) is 17.9 Å². The zero-order valence-corrected chi connectivity index (χ0v) is 19.7. The predicted molar refractivity (Wildman–Crippen MR) is 130 cm³/mol. The van der Waals surface area contributed by atoms with Gasteiger partial charge in [0, 0.05) is 32.4 Å². The van der Waals surface area contributed by atoms with Gasteiger partial charge in [-0.25, -0.2) is 0 Å². The molecule has 0 radical (unpaired) electrons. The summed E-state index contributed by atoms with van der Waals surface area (Å²) in [6.45, 7) is 5.54. The van der Waals surface area contributed by atoms with E-state index >= 15 is 0 Å². The maximum absolute atomic E-state index is 12.8. The fraction of sp³-hybridized carbons (Fsp3) is 0.400. The number of piperidine rings is 1. The molecule has 1 saturated heterocycles. The van der Waals surface area contributed by atoms with E-state index in [0.717, 1.165) is 29.6 Å². The van der Waals surface area contributed by atoms with Crippen molar-refractivity contribution in [1.29, 1.82) is 0 Å². The van der Waals surface area contributed by atoms with Crippen molar-refractivity contribution in [2.75, 3.05) is 30.8 Å². The van der Waals surface area contributed by atoms with Gasteiger partial charge in [-0.1, -0.05) is 54.2 Å². The SMILES string of the molecule is Cc1nnc(SCC(=O)N(C)Cc2ccc(N3CCCCC3)cc2)n1Cc1ccccc1. The van der Waals surface area contributed by atoms with E-state index < -0.39 is 0 Å². The number of aryl methyl sites for hydroxylation is 1. The number of hydrogen-bond donors (Lipinski definition) is 0. The summed E-state index contributed by atoms with van der Waals surface area (Å²) < 4.78 is 2.06. The molecule has 0 spiro atoms. The summed E-state index contributed by atoms with van der Waals surface area (Å²) >= 11 is 1.45. The third-order valence-electron chi connectivity index (χ3n) is 5.91. The molecule has 0 N–H and O–H groups in total. The molecule has 4 rings (SSSR count). The fourth-order valence-electron chi connectivity index (χ4n) is 3.98. The summed E-state index contributed by atoms with van der Waals surface area (Å²) in [4.78, 5) is 17.0. The molecule has 1 aliphatic heterocycles. The maximum Gasteiger partial charge on any atom is 0.233 e. The Hall–Kier alpha value is -2.80. The van der Waals surface area contributed by atoms with E-state index in [0.29, 0.717) is 18.8 Å². The van der Waals surface area contributed by atoms with Crippen molar-refractivity contribution in [2.45, 2.75) is 44.4 Å². The molecular formula is C25H31N5OS. The number of thioether (sulfide) groups is 1. The molecule has 0 atom stereocenters. The van der Waals surface area contributed by atoms with Gasteiger partial charge in [-0.15, -0.1) is 10.2 Å². The highest BCUT2D eigenvalue weighted by atomic mass is 32.2. The van der Waals surface area contributed by atoms with Crippen LogP contribution in [0.1, 0.15) is 36.2 Å². The van der Waals surface area contributed by atoms with Crippen LogP contribution in [0.4, 0.5) is 5.69 Å². The standard InChI is InChI=1S/C25H31N5OS/c1-20-26-27-25(30(20)18-21-9-5-3-6-10-21)32-19-24(31)28(2)17-22-11-13-23(14-12-22)29-15-7-4-8-16-29/h3,5-6,9-14H,4,7-8,15-19H2,1-2H3. The highest BCUT2D eigenvalue weighted by molar-refractivity contribution is 7.99. The summed E-state index contributed by atoms with van der Waals surface area (Å²) in [5, 5.41) is 9.27. The first kappa shape index (κ1) is 22.4. The molecule has 1 fully saturated rings. The van der Waals surface area contributed by atoms with Gasteiger partial charge >= 0.3 is 0 Å². The summed E-state index contributed by atoms with van der Waals surface area (Å²) in [6.07, 6.45) is 3.88. The van der Waals surface area contributed by atoms with Crippen molar-refractivity contribution in [1.82, 2.24) is 19.7 Å². The minimum atomic E-state index is 0.0852. The zero-order chi connectivity index (χ0) is 22.3. The second-order valence-electron chi connectivity index (χ2n) is 8.35. The van der Waals surface area contributed by atoms with Gasteiger partial charge in [-0.3, -0.25) is 4.79 Å². The first-order valence-electron chi connectivity index (χ1n) is 11.2. The van der Waals surface area contributed by atoms with Gasteiger partial charge < -0.3 is 14.4 Å². The van der Waals surface area contributed by atoms with E-state index in [-0.39, 0.29) is 5.91 Å². The topological polar surface area (TPSA) is 54.3 Å². The Morgan fingerprint density at radius 3 is 2.41 bits per heavy atom. The molecule has 2 heterocycles. The second-order valence-corrected chi connectivity index (χ2v) is 9.30. The third-order valence-corrected chi connectivity index (χ3v) is 6.86. The number of anilines is 1. The maximum atomic E-state index is 12.8. The lowest BCUT2D eigenvalue weighted by Gasteiger charge is -2.29. The van der Waals surface area contributed by atoms with Crippen molar-refractivity contribution in [2.24, 2.45) is 0 Å². The number of hydrogen-bond acceptors (Lipinski definition) is 5. The van der Waals surface area contributed by atoms with Gasteiger partial charge in [0.15, 0.2) is 5.16 Å². The normalized spacial score (nSPS) is 13.9. The monoisotopic (exact) mass is 449 g/mol. The molecule has 0 unspecified atom stereocenters. The summed E-state index contributed by atoms with van der Waals surface area (Å²) in [7, 11) is 1.86. The van der Waals surface area contributed by atoms with Crippen molar-refractivity contribution >= 4 is 23.4 Å². The Labute approximate surface area is 194 Å². The average molecular weight is 450 g/mol. The number of carbonyl (C=O) groups excluding carboxylic acids is 1. The van der Waals surface area contributed by atoms with Gasteiger partial charge in [0.05, 0.1) is 12.3 Å². The lowest BCUT2D eigenvalue weighted by atomic mass is 10.1. The summed E-state index contributed by atoms with van der Waals surface area (Å²) in [5.74, 6) is 1.28. The van der Waals surface area contributed by atoms with Crippen LogP contribution in [0.2, 0.25) is 0 Å². The smallest absolute Gasteiger partial charge is 0.233 e. The van der Waals surface area contributed by atoms with Crippen LogP contribution in [0.15, 0.2) is 59.8 Å². The molecule has 1 amide bonds. The number of carbonyl (C=O) groups is 1. The highest BCUT2D eigenvalue weighted by Gasteiger charge is 2.16. The third kappa shape index (κ3) is 5.71. The quantitative estimate of drug-likeness (QED) is 0.478. The van der Waals surface area contributed by atoms with E-state index in [2.05, 4.69) is 56.1 Å². The van der Waals surface area contributed by atoms with E-state index in [1.807, 2.05) is 32.2 Å². The molecule has 168 valence electrons. The average Bonchev–Trinajstić information content (AvgIpc) is 3.18. The zero-order valence-electron chi connectivity index (χ0n) is 18.9.